The van der Waals surface area contributed by atoms with Crippen LogP contribution >= 0.6 is 11.8 Å². The molecular weight excluding hydrogens is 252 g/mol. The van der Waals surface area contributed by atoms with Crippen molar-refractivity contribution in [1.82, 2.24) is 10.6 Å². The van der Waals surface area contributed by atoms with Crippen LogP contribution in [0, 0.1) is 5.41 Å². The van der Waals surface area contributed by atoms with Crippen LogP contribution in [0.25, 0.3) is 0 Å². The normalized spacial score (nSPS) is 13.9. The van der Waals surface area contributed by atoms with E-state index in [1.165, 1.54) is 0 Å². The molecule has 0 saturated heterocycles. The number of thioether (sulfide) groups is 1. The molecule has 0 fully saturated rings. The molecule has 0 radical (unpaired) electrons. The smallest absolute Gasteiger partial charge is 0.315 e. The van der Waals surface area contributed by atoms with E-state index in [1.807, 2.05) is 13.2 Å². The summed E-state index contributed by atoms with van der Waals surface area (Å²) in [5, 5.41) is 15.0. The van der Waals surface area contributed by atoms with Gasteiger partial charge >= 0.3 is 12.0 Å². The molecule has 1 unspecified atom stereocenters. The second kappa shape index (κ2) is 6.31. The molecule has 0 saturated carbocycles. The second-order valence-corrected chi connectivity index (χ2v) is 6.71. The Morgan fingerprint density at radius 1 is 1.28 bits per heavy atom. The summed E-state index contributed by atoms with van der Waals surface area (Å²) < 4.78 is 0. The number of carbonyl (C=O) groups is 2. The number of aliphatic carboxylic acids is 1. The fraction of sp³-hybridized carbons (Fsp3) is 0.833. The van der Waals surface area contributed by atoms with Crippen molar-refractivity contribution in [2.45, 2.75) is 45.4 Å². The molecular formula is C12H24N2O3S. The third kappa shape index (κ3) is 4.40. The molecule has 18 heavy (non-hydrogen) atoms. The Hall–Kier alpha value is -0.910. The van der Waals surface area contributed by atoms with E-state index in [0.29, 0.717) is 11.8 Å². The van der Waals surface area contributed by atoms with Gasteiger partial charge in [0.15, 0.2) is 0 Å². The standard InChI is InChI=1S/C12H24N2O3S/c1-8(18-6)7-13-10(17)14-12(4,5)11(2,3)9(15)16/h8H,7H2,1-6H3,(H,15,16)(H2,13,14,17). The molecule has 1 atom stereocenters. The summed E-state index contributed by atoms with van der Waals surface area (Å²) in [6.45, 7) is 9.17. The van der Waals surface area contributed by atoms with Crippen molar-refractivity contribution in [1.29, 1.82) is 0 Å². The van der Waals surface area contributed by atoms with Gasteiger partial charge in [0.25, 0.3) is 0 Å². The lowest BCUT2D eigenvalue weighted by Gasteiger charge is -2.38. The predicted octanol–water partition coefficient (Wildman–Crippen LogP) is 1.93. The van der Waals surface area contributed by atoms with Crippen LogP contribution in [0.1, 0.15) is 34.6 Å². The van der Waals surface area contributed by atoms with E-state index in [-0.39, 0.29) is 6.03 Å². The number of carbonyl (C=O) groups excluding carboxylic acids is 1. The van der Waals surface area contributed by atoms with Gasteiger partial charge in [-0.1, -0.05) is 6.92 Å². The van der Waals surface area contributed by atoms with Gasteiger partial charge in [-0.15, -0.1) is 0 Å². The fourth-order valence-corrected chi connectivity index (χ4v) is 1.32. The van der Waals surface area contributed by atoms with Crippen LogP contribution in [0.4, 0.5) is 4.79 Å². The molecule has 2 amide bonds. The minimum Gasteiger partial charge on any atom is -0.481 e. The van der Waals surface area contributed by atoms with Crippen molar-refractivity contribution in [3.63, 3.8) is 0 Å². The topological polar surface area (TPSA) is 78.4 Å². The summed E-state index contributed by atoms with van der Waals surface area (Å²) in [5.41, 5.74) is -1.89. The maximum atomic E-state index is 11.7. The number of rotatable bonds is 6. The average Bonchev–Trinajstić information content (AvgIpc) is 2.24. The van der Waals surface area contributed by atoms with E-state index < -0.39 is 16.9 Å². The number of carboxylic acid groups (broad SMARTS) is 1. The van der Waals surface area contributed by atoms with Crippen molar-refractivity contribution in [2.75, 3.05) is 12.8 Å². The van der Waals surface area contributed by atoms with Crippen LogP contribution in [-0.2, 0) is 4.79 Å². The van der Waals surface area contributed by atoms with Crippen LogP contribution < -0.4 is 10.6 Å². The fourth-order valence-electron chi connectivity index (χ4n) is 1.07. The van der Waals surface area contributed by atoms with Crippen molar-refractivity contribution >= 4 is 23.8 Å². The highest BCUT2D eigenvalue weighted by Gasteiger charge is 2.44. The number of carboxylic acids is 1. The molecule has 0 aliphatic rings. The summed E-state index contributed by atoms with van der Waals surface area (Å²) in [6, 6.07) is -0.338. The molecule has 0 heterocycles. The van der Waals surface area contributed by atoms with E-state index in [4.69, 9.17) is 0 Å². The monoisotopic (exact) mass is 276 g/mol. The van der Waals surface area contributed by atoms with Crippen LogP contribution in [-0.4, -0.2) is 40.7 Å². The van der Waals surface area contributed by atoms with E-state index in [2.05, 4.69) is 10.6 Å². The Bertz CT molecular complexity index is 316. The number of hydrogen-bond acceptors (Lipinski definition) is 3. The molecule has 6 heteroatoms. The van der Waals surface area contributed by atoms with E-state index >= 15 is 0 Å². The Balaban J connectivity index is 4.50. The first-order valence-electron chi connectivity index (χ1n) is 5.86. The molecule has 0 aliphatic carbocycles. The average molecular weight is 276 g/mol. The second-order valence-electron chi connectivity index (χ2n) is 5.44. The number of nitrogens with one attached hydrogen (secondary N) is 2. The molecule has 0 aliphatic heterocycles. The Morgan fingerprint density at radius 3 is 2.17 bits per heavy atom. The van der Waals surface area contributed by atoms with E-state index in [0.717, 1.165) is 0 Å². The zero-order chi connectivity index (χ0) is 14.6. The number of amides is 2. The third-order valence-electron chi connectivity index (χ3n) is 3.48. The van der Waals surface area contributed by atoms with Crippen molar-refractivity contribution in [3.8, 4) is 0 Å². The lowest BCUT2D eigenvalue weighted by molar-refractivity contribution is -0.150. The molecule has 0 bridgehead atoms. The van der Waals surface area contributed by atoms with Gasteiger partial charge in [0, 0.05) is 11.8 Å². The molecule has 5 nitrogen and oxygen atoms in total. The lowest BCUT2D eigenvalue weighted by atomic mass is 9.74. The highest BCUT2D eigenvalue weighted by atomic mass is 32.2. The summed E-state index contributed by atoms with van der Waals surface area (Å²) in [6.07, 6.45) is 1.97. The van der Waals surface area contributed by atoms with Crippen molar-refractivity contribution in [3.05, 3.63) is 0 Å². The number of hydrogen-bond donors (Lipinski definition) is 3. The molecule has 106 valence electrons. The van der Waals surface area contributed by atoms with Crippen LogP contribution in [0.5, 0.6) is 0 Å². The lowest BCUT2D eigenvalue weighted by Crippen LogP contribution is -2.59. The summed E-state index contributed by atoms with van der Waals surface area (Å²) in [5.74, 6) is -0.940. The Kier molecular flexibility index (Phi) is 5.99. The van der Waals surface area contributed by atoms with Gasteiger partial charge in [0.2, 0.25) is 0 Å². The van der Waals surface area contributed by atoms with Gasteiger partial charge in [0.05, 0.1) is 11.0 Å². The summed E-state index contributed by atoms with van der Waals surface area (Å²) in [4.78, 5) is 22.9. The van der Waals surface area contributed by atoms with Crippen LogP contribution in [0.3, 0.4) is 0 Å². The largest absolute Gasteiger partial charge is 0.481 e. The number of urea groups is 1. The summed E-state index contributed by atoms with van der Waals surface area (Å²) in [7, 11) is 0. The predicted molar refractivity (Wildman–Crippen MR) is 75.0 cm³/mol. The first kappa shape index (κ1) is 17.1. The first-order valence-corrected chi connectivity index (χ1v) is 7.15. The zero-order valence-electron chi connectivity index (χ0n) is 12.0. The van der Waals surface area contributed by atoms with Crippen molar-refractivity contribution in [2.24, 2.45) is 5.41 Å². The van der Waals surface area contributed by atoms with Crippen LogP contribution in [0.15, 0.2) is 0 Å². The van der Waals surface area contributed by atoms with Gasteiger partial charge in [-0.3, -0.25) is 4.79 Å². The molecule has 0 spiro atoms. The molecule has 0 aromatic rings. The SMILES string of the molecule is CSC(C)CNC(=O)NC(C)(C)C(C)(C)C(=O)O. The molecule has 3 N–H and O–H groups in total. The van der Waals surface area contributed by atoms with E-state index in [1.54, 1.807) is 39.5 Å². The highest BCUT2D eigenvalue weighted by molar-refractivity contribution is 7.99. The van der Waals surface area contributed by atoms with Gasteiger partial charge in [-0.2, -0.15) is 11.8 Å². The maximum absolute atomic E-state index is 11.7. The maximum Gasteiger partial charge on any atom is 0.315 e. The van der Waals surface area contributed by atoms with Gasteiger partial charge in [0.1, 0.15) is 0 Å². The Labute approximate surface area is 113 Å². The van der Waals surface area contributed by atoms with Gasteiger partial charge < -0.3 is 15.7 Å². The summed E-state index contributed by atoms with van der Waals surface area (Å²) >= 11 is 1.66. The van der Waals surface area contributed by atoms with E-state index in [9.17, 15) is 14.7 Å². The van der Waals surface area contributed by atoms with Gasteiger partial charge in [-0.25, -0.2) is 4.79 Å². The minimum atomic E-state index is -1.05. The van der Waals surface area contributed by atoms with Gasteiger partial charge in [-0.05, 0) is 34.0 Å². The van der Waals surface area contributed by atoms with Crippen LogP contribution in [0.2, 0.25) is 0 Å². The highest BCUT2D eigenvalue weighted by Crippen LogP contribution is 2.30. The molecule has 0 aromatic carbocycles. The molecule has 0 aromatic heterocycles. The molecule has 0 rings (SSSR count). The zero-order valence-corrected chi connectivity index (χ0v) is 12.8. The third-order valence-corrected chi connectivity index (χ3v) is 4.45. The minimum absolute atomic E-state index is 0.325. The first-order chi connectivity index (χ1) is 8.04. The Morgan fingerprint density at radius 2 is 1.78 bits per heavy atom. The quantitative estimate of drug-likeness (QED) is 0.692. The van der Waals surface area contributed by atoms with Crippen molar-refractivity contribution < 1.29 is 14.7 Å².